The van der Waals surface area contributed by atoms with Crippen molar-refractivity contribution in [3.63, 3.8) is 0 Å². The van der Waals surface area contributed by atoms with Crippen LogP contribution >= 0.6 is 35.3 Å². The highest BCUT2D eigenvalue weighted by molar-refractivity contribution is 14.0. The summed E-state index contributed by atoms with van der Waals surface area (Å²) in [6.07, 6.45) is 2.48. The summed E-state index contributed by atoms with van der Waals surface area (Å²) in [6.45, 7) is 9.44. The minimum atomic E-state index is 0. The van der Waals surface area contributed by atoms with Crippen LogP contribution in [0.5, 0.6) is 0 Å². The number of benzene rings is 1. The first kappa shape index (κ1) is 24.6. The van der Waals surface area contributed by atoms with Gasteiger partial charge >= 0.3 is 0 Å². The Morgan fingerprint density at radius 2 is 2.03 bits per heavy atom. The molecule has 0 spiro atoms. The van der Waals surface area contributed by atoms with Crippen molar-refractivity contribution in [2.75, 3.05) is 24.5 Å². The number of hydrogen-bond acceptors (Lipinski definition) is 4. The van der Waals surface area contributed by atoms with Crippen LogP contribution < -0.4 is 15.5 Å². The Hall–Kier alpha value is -1.68. The lowest BCUT2D eigenvalue weighted by atomic mass is 10.2. The second kappa shape index (κ2) is 12.2. The summed E-state index contributed by atoms with van der Waals surface area (Å²) in [6, 6.07) is 8.14. The van der Waals surface area contributed by atoms with Crippen LogP contribution in [0.3, 0.4) is 0 Å². The highest BCUT2D eigenvalue weighted by Crippen LogP contribution is 2.22. The number of carbonyl (C=O) groups is 1. The molecule has 1 fully saturated rings. The number of thiazole rings is 1. The zero-order valence-corrected chi connectivity index (χ0v) is 21.1. The van der Waals surface area contributed by atoms with E-state index in [1.54, 1.807) is 11.3 Å². The van der Waals surface area contributed by atoms with Crippen molar-refractivity contribution in [2.24, 2.45) is 4.99 Å². The largest absolute Gasteiger partial charge is 0.357 e. The Morgan fingerprint density at radius 1 is 1.27 bits per heavy atom. The quantitative estimate of drug-likeness (QED) is 0.297. The maximum absolute atomic E-state index is 11.9. The third-order valence-electron chi connectivity index (χ3n) is 4.82. The molecule has 3 rings (SSSR count). The molecule has 2 aromatic rings. The van der Waals surface area contributed by atoms with Gasteiger partial charge in [-0.2, -0.15) is 0 Å². The van der Waals surface area contributed by atoms with Gasteiger partial charge in [0.15, 0.2) is 5.96 Å². The van der Waals surface area contributed by atoms with Crippen molar-refractivity contribution >= 4 is 52.9 Å². The lowest BCUT2D eigenvalue weighted by molar-refractivity contribution is -0.117. The Morgan fingerprint density at radius 3 is 2.63 bits per heavy atom. The Kier molecular flexibility index (Phi) is 10.0. The molecule has 2 heterocycles. The second-order valence-electron chi connectivity index (χ2n) is 7.52. The molecule has 0 unspecified atom stereocenters. The molecule has 0 radical (unpaired) electrons. The molecule has 1 amide bonds. The van der Waals surface area contributed by atoms with E-state index in [1.165, 1.54) is 5.01 Å². The molecule has 1 aromatic carbocycles. The fourth-order valence-corrected chi connectivity index (χ4v) is 4.10. The average Bonchev–Trinajstić information content (AvgIpc) is 3.36. The van der Waals surface area contributed by atoms with Crippen molar-refractivity contribution in [1.82, 2.24) is 15.6 Å². The Labute approximate surface area is 200 Å². The molecule has 30 heavy (non-hydrogen) atoms. The van der Waals surface area contributed by atoms with Crippen molar-refractivity contribution in [3.8, 4) is 0 Å². The van der Waals surface area contributed by atoms with Crippen molar-refractivity contribution in [2.45, 2.75) is 52.5 Å². The molecule has 164 valence electrons. The fraction of sp³-hybridized carbons (Fsp3) is 0.500. The predicted molar refractivity (Wildman–Crippen MR) is 136 cm³/mol. The number of anilines is 1. The monoisotopic (exact) mass is 541 g/mol. The standard InChI is InChI=1S/C22H31N5OS.HI/c1-4-23-22(24-12-11-18-15-29-21(26-18)16(2)3)25-14-17-7-9-19(10-8-17)27-13-5-6-20(27)28;/h7-10,15-16H,4-6,11-14H2,1-3H3,(H2,23,24,25);1H. The molecule has 0 aliphatic carbocycles. The summed E-state index contributed by atoms with van der Waals surface area (Å²) < 4.78 is 0. The molecule has 2 N–H and O–H groups in total. The van der Waals surface area contributed by atoms with E-state index >= 15 is 0 Å². The first-order valence-electron chi connectivity index (χ1n) is 10.4. The van der Waals surface area contributed by atoms with E-state index in [2.05, 4.69) is 58.9 Å². The van der Waals surface area contributed by atoms with Crippen molar-refractivity contribution in [3.05, 3.63) is 45.9 Å². The third kappa shape index (κ3) is 6.94. The Balaban J connectivity index is 0.00000320. The molecule has 1 aliphatic rings. The molecule has 0 bridgehead atoms. The van der Waals surface area contributed by atoms with Crippen LogP contribution in [0, 0.1) is 0 Å². The number of rotatable bonds is 8. The van der Waals surface area contributed by atoms with E-state index in [1.807, 2.05) is 17.0 Å². The van der Waals surface area contributed by atoms with Gasteiger partial charge in [-0.1, -0.05) is 26.0 Å². The number of aromatic nitrogens is 1. The number of amides is 1. The maximum Gasteiger partial charge on any atom is 0.227 e. The summed E-state index contributed by atoms with van der Waals surface area (Å²) in [5.41, 5.74) is 3.24. The molecule has 1 aliphatic heterocycles. The van der Waals surface area contributed by atoms with E-state index in [4.69, 9.17) is 0 Å². The molecular formula is C22H32IN5OS. The molecule has 8 heteroatoms. The summed E-state index contributed by atoms with van der Waals surface area (Å²) >= 11 is 1.74. The number of nitrogens with zero attached hydrogens (tertiary/aromatic N) is 3. The third-order valence-corrected chi connectivity index (χ3v) is 6.02. The van der Waals surface area contributed by atoms with Gasteiger partial charge in [-0.25, -0.2) is 9.98 Å². The van der Waals surface area contributed by atoms with Crippen LogP contribution in [0.25, 0.3) is 0 Å². The van der Waals surface area contributed by atoms with Crippen LogP contribution in [0.2, 0.25) is 0 Å². The molecule has 0 atom stereocenters. The molecule has 0 saturated carbocycles. The fourth-order valence-electron chi connectivity index (χ4n) is 3.23. The highest BCUT2D eigenvalue weighted by atomic mass is 127. The van der Waals surface area contributed by atoms with Gasteiger partial charge < -0.3 is 15.5 Å². The van der Waals surface area contributed by atoms with Crippen LogP contribution in [0.4, 0.5) is 5.69 Å². The summed E-state index contributed by atoms with van der Waals surface area (Å²) in [7, 11) is 0. The van der Waals surface area contributed by atoms with Crippen molar-refractivity contribution in [1.29, 1.82) is 0 Å². The number of guanidine groups is 1. The average molecular weight is 542 g/mol. The van der Waals surface area contributed by atoms with E-state index in [9.17, 15) is 4.79 Å². The van der Waals surface area contributed by atoms with Crippen LogP contribution in [-0.4, -0.2) is 36.5 Å². The highest BCUT2D eigenvalue weighted by Gasteiger charge is 2.21. The maximum atomic E-state index is 11.9. The molecule has 6 nitrogen and oxygen atoms in total. The zero-order valence-electron chi connectivity index (χ0n) is 18.0. The van der Waals surface area contributed by atoms with Gasteiger partial charge in [0, 0.05) is 49.5 Å². The first-order chi connectivity index (χ1) is 14.1. The van der Waals surface area contributed by atoms with E-state index in [0.717, 1.165) is 55.4 Å². The topological polar surface area (TPSA) is 69.6 Å². The first-order valence-corrected chi connectivity index (χ1v) is 11.3. The minimum Gasteiger partial charge on any atom is -0.357 e. The molecule has 1 aromatic heterocycles. The number of halogens is 1. The minimum absolute atomic E-state index is 0. The van der Waals surface area contributed by atoms with Crippen LogP contribution in [-0.2, 0) is 17.8 Å². The molecule has 1 saturated heterocycles. The second-order valence-corrected chi connectivity index (χ2v) is 8.41. The zero-order chi connectivity index (χ0) is 20.6. The predicted octanol–water partition coefficient (Wildman–Crippen LogP) is 4.31. The van der Waals surface area contributed by atoms with Gasteiger partial charge in [-0.05, 0) is 31.0 Å². The number of hydrogen-bond donors (Lipinski definition) is 2. The van der Waals surface area contributed by atoms with Crippen molar-refractivity contribution < 1.29 is 4.79 Å². The van der Waals surface area contributed by atoms with Crippen LogP contribution in [0.15, 0.2) is 34.6 Å². The van der Waals surface area contributed by atoms with Gasteiger partial charge in [0.05, 0.1) is 17.2 Å². The van der Waals surface area contributed by atoms with Gasteiger partial charge in [0.25, 0.3) is 0 Å². The lowest BCUT2D eigenvalue weighted by Crippen LogP contribution is -2.38. The smallest absolute Gasteiger partial charge is 0.227 e. The summed E-state index contributed by atoms with van der Waals surface area (Å²) in [4.78, 5) is 23.1. The van der Waals surface area contributed by atoms with Gasteiger partial charge in [0.1, 0.15) is 0 Å². The van der Waals surface area contributed by atoms with Gasteiger partial charge in [0.2, 0.25) is 5.91 Å². The SMILES string of the molecule is CCNC(=NCc1ccc(N2CCCC2=O)cc1)NCCc1csc(C(C)C)n1.I. The van der Waals surface area contributed by atoms with E-state index < -0.39 is 0 Å². The van der Waals surface area contributed by atoms with E-state index in [0.29, 0.717) is 18.9 Å². The number of carbonyl (C=O) groups excluding carboxylic acids is 1. The van der Waals surface area contributed by atoms with Gasteiger partial charge in [-0.15, -0.1) is 35.3 Å². The van der Waals surface area contributed by atoms with Crippen LogP contribution in [0.1, 0.15) is 55.8 Å². The van der Waals surface area contributed by atoms with E-state index in [-0.39, 0.29) is 29.9 Å². The summed E-state index contributed by atoms with van der Waals surface area (Å²) in [5.74, 6) is 1.51. The summed E-state index contributed by atoms with van der Waals surface area (Å²) in [5, 5.41) is 10.0. The van der Waals surface area contributed by atoms with Gasteiger partial charge in [-0.3, -0.25) is 4.79 Å². The Bertz CT molecular complexity index is 834. The number of nitrogens with one attached hydrogen (secondary N) is 2. The number of aliphatic imine (C=N–C) groups is 1. The normalized spacial score (nSPS) is 14.2. The lowest BCUT2D eigenvalue weighted by Gasteiger charge is -2.15. The molecular weight excluding hydrogens is 509 g/mol.